The highest BCUT2D eigenvalue weighted by Crippen LogP contribution is 2.37. The van der Waals surface area contributed by atoms with Crippen LogP contribution < -0.4 is 14.9 Å². The van der Waals surface area contributed by atoms with E-state index in [1.54, 1.807) is 42.5 Å². The van der Waals surface area contributed by atoms with Gasteiger partial charge in [0, 0.05) is 9.86 Å². The lowest BCUT2D eigenvalue weighted by Crippen LogP contribution is -2.16. The van der Waals surface area contributed by atoms with E-state index in [1.807, 2.05) is 12.1 Å². The van der Waals surface area contributed by atoms with Crippen LogP contribution in [-0.2, 0) is 6.61 Å². The highest BCUT2D eigenvalue weighted by molar-refractivity contribution is 9.10. The number of ether oxygens (including phenoxy) is 2. The minimum atomic E-state index is -0.483. The monoisotopic (exact) mass is 580 g/mol. The molecule has 6 nitrogen and oxygen atoms in total. The number of benzene rings is 3. The quantitative estimate of drug-likeness (QED) is 0.181. The number of nitrogens with zero attached hydrogens (tertiary/aromatic N) is 1. The van der Waals surface area contributed by atoms with Crippen molar-refractivity contribution in [2.24, 2.45) is 5.10 Å². The van der Waals surface area contributed by atoms with Crippen LogP contribution in [0.1, 0.15) is 21.7 Å². The summed E-state index contributed by atoms with van der Waals surface area (Å²) in [6.07, 6.45) is 1.44. The van der Waals surface area contributed by atoms with Crippen LogP contribution in [0.5, 0.6) is 11.5 Å². The highest BCUT2D eigenvalue weighted by Gasteiger charge is 2.14. The molecule has 0 aliphatic rings. The van der Waals surface area contributed by atoms with E-state index in [9.17, 15) is 4.79 Å². The van der Waals surface area contributed by atoms with Crippen LogP contribution in [0.25, 0.3) is 11.0 Å². The Hall–Kier alpha value is -2.71. The minimum Gasteiger partial charge on any atom is -0.493 e. The summed E-state index contributed by atoms with van der Waals surface area (Å²) in [5, 5.41) is 6.00. The third-order valence-corrected chi connectivity index (χ3v) is 6.21. The van der Waals surface area contributed by atoms with Gasteiger partial charge in [-0.15, -0.1) is 0 Å². The molecule has 0 aliphatic carbocycles. The number of hydrogen-bond acceptors (Lipinski definition) is 5. The maximum atomic E-state index is 12.4. The van der Waals surface area contributed by atoms with Crippen molar-refractivity contribution in [3.05, 3.63) is 91.0 Å². The molecular formula is C24H16BrCl3N2O4. The zero-order valence-corrected chi connectivity index (χ0v) is 21.4. The molecule has 0 radical (unpaired) electrons. The molecule has 0 saturated carbocycles. The normalized spacial score (nSPS) is 11.2. The predicted octanol–water partition coefficient (Wildman–Crippen LogP) is 7.51. The van der Waals surface area contributed by atoms with Gasteiger partial charge in [-0.05, 0) is 59.7 Å². The fraction of sp³-hybridized carbons (Fsp3) is 0.0833. The highest BCUT2D eigenvalue weighted by atomic mass is 79.9. The summed E-state index contributed by atoms with van der Waals surface area (Å²) in [6.45, 7) is 0.213. The number of nitrogens with one attached hydrogen (secondary N) is 1. The first-order valence-electron chi connectivity index (χ1n) is 9.81. The van der Waals surface area contributed by atoms with Gasteiger partial charge in [-0.3, -0.25) is 4.79 Å². The van der Waals surface area contributed by atoms with E-state index in [4.69, 9.17) is 48.7 Å². The van der Waals surface area contributed by atoms with Crippen LogP contribution in [0.15, 0.2) is 68.6 Å². The molecule has 4 rings (SSSR count). The fourth-order valence-corrected chi connectivity index (χ4v) is 4.06. The lowest BCUT2D eigenvalue weighted by molar-refractivity contribution is 0.0929. The topological polar surface area (TPSA) is 73.1 Å². The zero-order valence-electron chi connectivity index (χ0n) is 17.6. The molecule has 1 aromatic heterocycles. The van der Waals surface area contributed by atoms with E-state index in [0.29, 0.717) is 37.7 Å². The summed E-state index contributed by atoms with van der Waals surface area (Å²) in [7, 11) is 1.50. The molecule has 0 aliphatic heterocycles. The smallest absolute Gasteiger partial charge is 0.307 e. The SMILES string of the molecule is COc1cc(/C=N\NC(=O)c2cc3cc(Br)ccc3o2)cc(Cl)c1OCc1ccc(Cl)c(Cl)c1. The number of furan rings is 1. The summed E-state index contributed by atoms with van der Waals surface area (Å²) in [6, 6.07) is 15.7. The number of carbonyl (C=O) groups is 1. The van der Waals surface area contributed by atoms with Gasteiger partial charge in [-0.1, -0.05) is 56.8 Å². The lowest BCUT2D eigenvalue weighted by Gasteiger charge is -2.13. The number of carbonyl (C=O) groups excluding carboxylic acids is 1. The first kappa shape index (κ1) is 24.4. The van der Waals surface area contributed by atoms with Crippen LogP contribution in [0.3, 0.4) is 0 Å². The van der Waals surface area contributed by atoms with Crippen molar-refractivity contribution in [1.29, 1.82) is 0 Å². The zero-order chi connectivity index (χ0) is 24.2. The van der Waals surface area contributed by atoms with E-state index in [1.165, 1.54) is 13.3 Å². The first-order valence-corrected chi connectivity index (χ1v) is 11.7. The summed E-state index contributed by atoms with van der Waals surface area (Å²) in [5.74, 6) is 0.434. The number of rotatable bonds is 7. The third kappa shape index (κ3) is 5.67. The molecule has 0 unspecified atom stereocenters. The van der Waals surface area contributed by atoms with E-state index in [2.05, 4.69) is 26.5 Å². The second kappa shape index (κ2) is 10.7. The Kier molecular flexibility index (Phi) is 7.68. The fourth-order valence-electron chi connectivity index (χ4n) is 3.09. The molecule has 1 amide bonds. The number of amides is 1. The molecule has 3 aromatic carbocycles. The first-order chi connectivity index (χ1) is 16.3. The second-order valence-corrected chi connectivity index (χ2v) is 9.20. The number of hydrogen-bond donors (Lipinski definition) is 1. The molecule has 0 fully saturated rings. The average molecular weight is 583 g/mol. The summed E-state index contributed by atoms with van der Waals surface area (Å²) >= 11 is 21.8. The molecule has 10 heteroatoms. The van der Waals surface area contributed by atoms with E-state index in [0.717, 1.165) is 15.4 Å². The van der Waals surface area contributed by atoms with Gasteiger partial charge >= 0.3 is 5.91 Å². The molecule has 1 heterocycles. The standard InChI is InChI=1S/C24H16BrCl3N2O4/c1-32-21-8-14(7-19(28)23(21)33-12-13-2-4-17(26)18(27)6-13)11-29-30-24(31)22-10-15-9-16(25)3-5-20(15)34-22/h2-11H,12H2,1H3,(H,30,31)/b29-11-. The van der Waals surface area contributed by atoms with Gasteiger partial charge < -0.3 is 13.9 Å². The van der Waals surface area contributed by atoms with Crippen LogP contribution in [0, 0.1) is 0 Å². The molecule has 1 N–H and O–H groups in total. The van der Waals surface area contributed by atoms with Gasteiger partial charge in [0.25, 0.3) is 0 Å². The maximum Gasteiger partial charge on any atom is 0.307 e. The molecule has 174 valence electrons. The van der Waals surface area contributed by atoms with Crippen molar-refractivity contribution in [3.8, 4) is 11.5 Å². The Morgan fingerprint density at radius 3 is 2.65 bits per heavy atom. The van der Waals surface area contributed by atoms with Gasteiger partial charge in [0.2, 0.25) is 0 Å². The van der Waals surface area contributed by atoms with Gasteiger partial charge in [0.15, 0.2) is 17.3 Å². The van der Waals surface area contributed by atoms with Crippen molar-refractivity contribution in [2.45, 2.75) is 6.61 Å². The van der Waals surface area contributed by atoms with Gasteiger partial charge in [-0.2, -0.15) is 5.10 Å². The summed E-state index contributed by atoms with van der Waals surface area (Å²) in [4.78, 5) is 12.4. The second-order valence-electron chi connectivity index (χ2n) is 7.06. The average Bonchev–Trinajstić information content (AvgIpc) is 3.23. The molecule has 0 spiro atoms. The molecule has 4 aromatic rings. The van der Waals surface area contributed by atoms with Crippen molar-refractivity contribution < 1.29 is 18.7 Å². The van der Waals surface area contributed by atoms with Gasteiger partial charge in [0.1, 0.15) is 12.2 Å². The van der Waals surface area contributed by atoms with E-state index < -0.39 is 5.91 Å². The molecule has 0 atom stereocenters. The van der Waals surface area contributed by atoms with Crippen molar-refractivity contribution >= 4 is 73.8 Å². The Bertz CT molecular complexity index is 1400. The van der Waals surface area contributed by atoms with E-state index in [-0.39, 0.29) is 12.4 Å². The Morgan fingerprint density at radius 1 is 1.06 bits per heavy atom. The lowest BCUT2D eigenvalue weighted by atomic mass is 10.2. The number of halogens is 4. The number of hydrazone groups is 1. The Labute approximate surface area is 218 Å². The third-order valence-electron chi connectivity index (χ3n) is 4.70. The minimum absolute atomic E-state index is 0.145. The van der Waals surface area contributed by atoms with Crippen LogP contribution in [0.4, 0.5) is 0 Å². The van der Waals surface area contributed by atoms with E-state index >= 15 is 0 Å². The van der Waals surface area contributed by atoms with Crippen LogP contribution in [-0.4, -0.2) is 19.2 Å². The summed E-state index contributed by atoms with van der Waals surface area (Å²) in [5.41, 5.74) is 4.45. The van der Waals surface area contributed by atoms with Crippen molar-refractivity contribution in [2.75, 3.05) is 7.11 Å². The maximum absolute atomic E-state index is 12.4. The van der Waals surface area contributed by atoms with Gasteiger partial charge in [0.05, 0.1) is 28.4 Å². The Morgan fingerprint density at radius 2 is 1.88 bits per heavy atom. The molecule has 0 bridgehead atoms. The van der Waals surface area contributed by atoms with Crippen molar-refractivity contribution in [1.82, 2.24) is 5.43 Å². The molecule has 34 heavy (non-hydrogen) atoms. The number of fused-ring (bicyclic) bond motifs is 1. The van der Waals surface area contributed by atoms with Gasteiger partial charge in [-0.25, -0.2) is 5.43 Å². The number of methoxy groups -OCH3 is 1. The van der Waals surface area contributed by atoms with Crippen molar-refractivity contribution in [3.63, 3.8) is 0 Å². The van der Waals surface area contributed by atoms with Crippen LogP contribution in [0.2, 0.25) is 15.1 Å². The molecular weight excluding hydrogens is 567 g/mol. The summed E-state index contributed by atoms with van der Waals surface area (Å²) < 4.78 is 17.7. The predicted molar refractivity (Wildman–Crippen MR) is 138 cm³/mol. The Balaban J connectivity index is 1.44. The largest absolute Gasteiger partial charge is 0.493 e. The van der Waals surface area contributed by atoms with Crippen LogP contribution >= 0.6 is 50.7 Å². The molecule has 0 saturated heterocycles.